The van der Waals surface area contributed by atoms with Crippen LogP contribution in [0.3, 0.4) is 0 Å². The summed E-state index contributed by atoms with van der Waals surface area (Å²) in [5.74, 6) is 0. The maximum Gasteiger partial charge on any atom is 0.0384 e. The SMILES string of the molecule is Cc1ccc(C)c(CCCC(Cl)C(C)(C)C)c1. The molecule has 1 heteroatoms. The molecule has 0 spiro atoms. The van der Waals surface area contributed by atoms with Gasteiger partial charge in [0.05, 0.1) is 0 Å². The lowest BCUT2D eigenvalue weighted by molar-refractivity contribution is 0.369. The van der Waals surface area contributed by atoms with E-state index in [1.807, 2.05) is 0 Å². The summed E-state index contributed by atoms with van der Waals surface area (Å²) in [4.78, 5) is 0. The topological polar surface area (TPSA) is 0 Å². The van der Waals surface area contributed by atoms with Gasteiger partial charge >= 0.3 is 0 Å². The molecule has 0 radical (unpaired) electrons. The molecule has 1 unspecified atom stereocenters. The van der Waals surface area contributed by atoms with E-state index in [4.69, 9.17) is 11.6 Å². The van der Waals surface area contributed by atoms with Crippen LogP contribution in [-0.4, -0.2) is 5.38 Å². The van der Waals surface area contributed by atoms with Crippen LogP contribution in [0.2, 0.25) is 0 Å². The van der Waals surface area contributed by atoms with Gasteiger partial charge in [0, 0.05) is 5.38 Å². The predicted octanol–water partition coefficient (Wildman–Crippen LogP) is 5.28. The van der Waals surface area contributed by atoms with Crippen molar-refractivity contribution in [1.82, 2.24) is 0 Å². The lowest BCUT2D eigenvalue weighted by Gasteiger charge is -2.25. The normalized spacial score (nSPS) is 13.8. The van der Waals surface area contributed by atoms with Crippen molar-refractivity contribution < 1.29 is 0 Å². The molecule has 0 aromatic heterocycles. The van der Waals surface area contributed by atoms with Crippen molar-refractivity contribution in [3.05, 3.63) is 34.9 Å². The predicted molar refractivity (Wildman–Crippen MR) is 78.0 cm³/mol. The van der Waals surface area contributed by atoms with Crippen LogP contribution in [0.1, 0.15) is 50.3 Å². The third-order valence-corrected chi connectivity index (χ3v) is 4.22. The highest BCUT2D eigenvalue weighted by Crippen LogP contribution is 2.28. The summed E-state index contributed by atoms with van der Waals surface area (Å²) in [6, 6.07) is 6.70. The first kappa shape index (κ1) is 14.6. The number of benzene rings is 1. The molecule has 0 amide bonds. The van der Waals surface area contributed by atoms with Crippen LogP contribution >= 0.6 is 11.6 Å². The summed E-state index contributed by atoms with van der Waals surface area (Å²) in [6.45, 7) is 11.0. The van der Waals surface area contributed by atoms with Gasteiger partial charge in [0.1, 0.15) is 0 Å². The fourth-order valence-corrected chi connectivity index (χ4v) is 2.13. The van der Waals surface area contributed by atoms with E-state index in [1.165, 1.54) is 23.1 Å². The second-order valence-corrected chi connectivity index (χ2v) is 6.68. The average molecular weight is 253 g/mol. The quantitative estimate of drug-likeness (QED) is 0.640. The minimum Gasteiger partial charge on any atom is -0.122 e. The van der Waals surface area contributed by atoms with Gasteiger partial charge in [0.25, 0.3) is 0 Å². The largest absolute Gasteiger partial charge is 0.122 e. The summed E-state index contributed by atoms with van der Waals surface area (Å²) < 4.78 is 0. The molecule has 0 aliphatic carbocycles. The van der Waals surface area contributed by atoms with E-state index in [2.05, 4.69) is 52.8 Å². The van der Waals surface area contributed by atoms with E-state index >= 15 is 0 Å². The van der Waals surface area contributed by atoms with Crippen molar-refractivity contribution >= 4 is 11.6 Å². The Morgan fingerprint density at radius 3 is 2.41 bits per heavy atom. The van der Waals surface area contributed by atoms with Crippen LogP contribution in [0.25, 0.3) is 0 Å². The second-order valence-electron chi connectivity index (χ2n) is 6.16. The Labute approximate surface area is 111 Å². The maximum absolute atomic E-state index is 6.39. The summed E-state index contributed by atoms with van der Waals surface area (Å²) in [5.41, 5.74) is 4.44. The zero-order valence-corrected chi connectivity index (χ0v) is 12.6. The standard InChI is InChI=1S/C16H25Cl/c1-12-9-10-13(2)14(11-12)7-6-8-15(17)16(3,4)5/h9-11,15H,6-8H2,1-5H3. The molecule has 96 valence electrons. The van der Waals surface area contributed by atoms with Gasteiger partial charge in [-0.1, -0.05) is 44.5 Å². The molecule has 0 nitrogen and oxygen atoms in total. The number of alkyl halides is 1. The highest BCUT2D eigenvalue weighted by molar-refractivity contribution is 6.21. The Kier molecular flexibility index (Phi) is 5.06. The first-order chi connectivity index (χ1) is 7.80. The maximum atomic E-state index is 6.39. The first-order valence-electron chi connectivity index (χ1n) is 6.51. The van der Waals surface area contributed by atoms with Gasteiger partial charge in [-0.05, 0) is 49.7 Å². The molecule has 0 aliphatic rings. The number of aryl methyl sites for hydroxylation is 3. The lowest BCUT2D eigenvalue weighted by Crippen LogP contribution is -2.20. The van der Waals surface area contributed by atoms with Crippen LogP contribution in [0.4, 0.5) is 0 Å². The Morgan fingerprint density at radius 2 is 1.82 bits per heavy atom. The molecule has 17 heavy (non-hydrogen) atoms. The third-order valence-electron chi connectivity index (χ3n) is 3.35. The molecule has 0 aliphatic heterocycles. The smallest absolute Gasteiger partial charge is 0.0384 e. The number of halogens is 1. The summed E-state index contributed by atoms with van der Waals surface area (Å²) in [7, 11) is 0. The Bertz CT molecular complexity index is 360. The average Bonchev–Trinajstić information content (AvgIpc) is 2.21. The van der Waals surface area contributed by atoms with E-state index in [9.17, 15) is 0 Å². The summed E-state index contributed by atoms with van der Waals surface area (Å²) in [6.07, 6.45) is 3.42. The van der Waals surface area contributed by atoms with Crippen molar-refractivity contribution in [3.8, 4) is 0 Å². The van der Waals surface area contributed by atoms with E-state index in [-0.39, 0.29) is 10.8 Å². The summed E-state index contributed by atoms with van der Waals surface area (Å²) in [5, 5.41) is 0.271. The van der Waals surface area contributed by atoms with Gasteiger partial charge < -0.3 is 0 Å². The van der Waals surface area contributed by atoms with Gasteiger partial charge in [-0.2, -0.15) is 0 Å². The molecule has 1 aromatic rings. The first-order valence-corrected chi connectivity index (χ1v) is 6.94. The van der Waals surface area contributed by atoms with Crippen LogP contribution in [0.15, 0.2) is 18.2 Å². The molecule has 0 saturated heterocycles. The van der Waals surface area contributed by atoms with Crippen molar-refractivity contribution in [2.75, 3.05) is 0 Å². The fourth-order valence-electron chi connectivity index (χ4n) is 1.97. The highest BCUT2D eigenvalue weighted by atomic mass is 35.5. The zero-order chi connectivity index (χ0) is 13.1. The minimum absolute atomic E-state index is 0.212. The molecule has 0 heterocycles. The van der Waals surface area contributed by atoms with Crippen molar-refractivity contribution in [1.29, 1.82) is 0 Å². The van der Waals surface area contributed by atoms with Gasteiger partial charge in [0.2, 0.25) is 0 Å². The molecule has 0 saturated carbocycles. The third kappa shape index (κ3) is 4.71. The van der Waals surface area contributed by atoms with Crippen LogP contribution < -0.4 is 0 Å². The van der Waals surface area contributed by atoms with Crippen LogP contribution in [0.5, 0.6) is 0 Å². The van der Waals surface area contributed by atoms with Gasteiger partial charge in [0.15, 0.2) is 0 Å². The Morgan fingerprint density at radius 1 is 1.18 bits per heavy atom. The summed E-state index contributed by atoms with van der Waals surface area (Å²) >= 11 is 6.39. The van der Waals surface area contributed by atoms with Crippen molar-refractivity contribution in [2.24, 2.45) is 5.41 Å². The molecule has 1 atom stereocenters. The Balaban J connectivity index is 2.49. The molecular formula is C16H25Cl. The fraction of sp³-hybridized carbons (Fsp3) is 0.625. The lowest BCUT2D eigenvalue weighted by atomic mass is 9.88. The van der Waals surface area contributed by atoms with E-state index < -0.39 is 0 Å². The monoisotopic (exact) mass is 252 g/mol. The van der Waals surface area contributed by atoms with Crippen LogP contribution in [0, 0.1) is 19.3 Å². The molecule has 1 rings (SSSR count). The number of hydrogen-bond donors (Lipinski definition) is 0. The number of hydrogen-bond acceptors (Lipinski definition) is 0. The van der Waals surface area contributed by atoms with E-state index in [0.717, 1.165) is 12.8 Å². The molecule has 0 bridgehead atoms. The highest BCUT2D eigenvalue weighted by Gasteiger charge is 2.21. The number of rotatable bonds is 4. The van der Waals surface area contributed by atoms with Crippen LogP contribution in [-0.2, 0) is 6.42 Å². The van der Waals surface area contributed by atoms with Gasteiger partial charge in [-0.15, -0.1) is 11.6 Å². The molecular weight excluding hydrogens is 228 g/mol. The molecule has 0 N–H and O–H groups in total. The minimum atomic E-state index is 0.212. The molecule has 1 aromatic carbocycles. The van der Waals surface area contributed by atoms with Gasteiger partial charge in [-0.3, -0.25) is 0 Å². The second kappa shape index (κ2) is 5.91. The van der Waals surface area contributed by atoms with Crippen molar-refractivity contribution in [3.63, 3.8) is 0 Å². The van der Waals surface area contributed by atoms with E-state index in [1.54, 1.807) is 0 Å². The molecule has 0 fully saturated rings. The Hall–Kier alpha value is -0.490. The van der Waals surface area contributed by atoms with E-state index in [0.29, 0.717) is 0 Å². The van der Waals surface area contributed by atoms with Gasteiger partial charge in [-0.25, -0.2) is 0 Å². The zero-order valence-electron chi connectivity index (χ0n) is 11.8. The van der Waals surface area contributed by atoms with Crippen molar-refractivity contribution in [2.45, 2.75) is 59.3 Å².